The maximum Gasteiger partial charge on any atom is 0.221 e. The second-order valence-corrected chi connectivity index (χ2v) is 5.54. The molecule has 1 aromatic carbocycles. The number of carbonyl (C=O) groups excluding carboxylic acids is 1. The van der Waals surface area contributed by atoms with Gasteiger partial charge in [-0.2, -0.15) is 0 Å². The van der Waals surface area contributed by atoms with Gasteiger partial charge in [-0.3, -0.25) is 4.79 Å². The van der Waals surface area contributed by atoms with Crippen molar-refractivity contribution in [3.63, 3.8) is 0 Å². The van der Waals surface area contributed by atoms with Gasteiger partial charge < -0.3 is 25.6 Å². The fourth-order valence-corrected chi connectivity index (χ4v) is 2.06. The van der Waals surface area contributed by atoms with Crippen LogP contribution >= 0.6 is 12.2 Å². The molecule has 122 valence electrons. The van der Waals surface area contributed by atoms with E-state index in [1.165, 1.54) is 6.92 Å². The highest BCUT2D eigenvalue weighted by Gasteiger charge is 2.07. The largest absolute Gasteiger partial charge is 0.495 e. The number of anilines is 2. The van der Waals surface area contributed by atoms with Crippen molar-refractivity contribution in [3.05, 3.63) is 18.2 Å². The number of nitrogens with one attached hydrogen (secondary N) is 3. The third-order valence-corrected chi connectivity index (χ3v) is 3.08. The molecule has 0 bridgehead atoms. The zero-order chi connectivity index (χ0) is 16.5. The summed E-state index contributed by atoms with van der Waals surface area (Å²) in [6.45, 7) is 3.25. The summed E-state index contributed by atoms with van der Waals surface area (Å²) in [5.74, 6) is 0.534. The Bertz CT molecular complexity index is 520. The lowest BCUT2D eigenvalue weighted by atomic mass is 10.2. The summed E-state index contributed by atoms with van der Waals surface area (Å²) in [6, 6.07) is 5.34. The molecule has 7 heteroatoms. The number of ether oxygens (including phenoxy) is 1. The number of amides is 1. The van der Waals surface area contributed by atoms with Crippen LogP contribution < -0.4 is 20.7 Å². The van der Waals surface area contributed by atoms with Crippen LogP contribution in [0, 0.1) is 0 Å². The zero-order valence-corrected chi connectivity index (χ0v) is 14.3. The van der Waals surface area contributed by atoms with E-state index in [9.17, 15) is 4.79 Å². The van der Waals surface area contributed by atoms with Gasteiger partial charge in [0.05, 0.1) is 12.8 Å². The van der Waals surface area contributed by atoms with Gasteiger partial charge in [0.1, 0.15) is 5.75 Å². The molecule has 0 aliphatic rings. The van der Waals surface area contributed by atoms with Gasteiger partial charge in [0.2, 0.25) is 5.91 Å². The van der Waals surface area contributed by atoms with Crippen LogP contribution in [-0.2, 0) is 4.79 Å². The fourth-order valence-electron chi connectivity index (χ4n) is 1.85. The molecule has 0 radical (unpaired) electrons. The Balaban J connectivity index is 2.61. The molecule has 0 fully saturated rings. The first-order valence-electron chi connectivity index (χ1n) is 7.07. The minimum atomic E-state index is -0.125. The van der Waals surface area contributed by atoms with Gasteiger partial charge in [0.25, 0.3) is 0 Å². The second-order valence-electron chi connectivity index (χ2n) is 5.13. The topological polar surface area (TPSA) is 65.6 Å². The molecule has 0 aliphatic carbocycles. The van der Waals surface area contributed by atoms with Gasteiger partial charge in [-0.25, -0.2) is 0 Å². The Labute approximate surface area is 137 Å². The van der Waals surface area contributed by atoms with Crippen molar-refractivity contribution in [2.45, 2.75) is 13.3 Å². The summed E-state index contributed by atoms with van der Waals surface area (Å²) >= 11 is 5.27. The molecule has 6 nitrogen and oxygen atoms in total. The van der Waals surface area contributed by atoms with Gasteiger partial charge in [-0.15, -0.1) is 0 Å². The maximum absolute atomic E-state index is 11.1. The first kappa shape index (κ1) is 18.2. The van der Waals surface area contributed by atoms with E-state index in [-0.39, 0.29) is 5.91 Å². The molecule has 1 aromatic rings. The minimum Gasteiger partial charge on any atom is -0.495 e. The van der Waals surface area contributed by atoms with E-state index in [1.807, 2.05) is 14.1 Å². The van der Waals surface area contributed by atoms with Gasteiger partial charge in [-0.1, -0.05) is 0 Å². The predicted molar refractivity (Wildman–Crippen MR) is 94.7 cm³/mol. The zero-order valence-electron chi connectivity index (χ0n) is 13.5. The highest BCUT2D eigenvalue weighted by molar-refractivity contribution is 7.80. The van der Waals surface area contributed by atoms with Crippen LogP contribution in [0.1, 0.15) is 13.3 Å². The summed E-state index contributed by atoms with van der Waals surface area (Å²) < 4.78 is 5.29. The third-order valence-electron chi connectivity index (χ3n) is 2.84. The molecule has 0 saturated carbocycles. The maximum atomic E-state index is 11.1. The number of thiocarbonyl (C=S) groups is 1. The number of hydrogen-bond acceptors (Lipinski definition) is 4. The first-order valence-corrected chi connectivity index (χ1v) is 7.48. The molecule has 0 atom stereocenters. The van der Waals surface area contributed by atoms with E-state index in [1.54, 1.807) is 25.3 Å². The van der Waals surface area contributed by atoms with Crippen LogP contribution in [0.4, 0.5) is 11.4 Å². The molecule has 22 heavy (non-hydrogen) atoms. The van der Waals surface area contributed by atoms with E-state index in [4.69, 9.17) is 17.0 Å². The molecule has 0 heterocycles. The molecular weight excluding hydrogens is 300 g/mol. The average molecular weight is 324 g/mol. The Hall–Kier alpha value is -1.86. The van der Waals surface area contributed by atoms with E-state index in [0.717, 1.165) is 19.5 Å². The van der Waals surface area contributed by atoms with Crippen molar-refractivity contribution in [2.75, 3.05) is 44.9 Å². The summed E-state index contributed by atoms with van der Waals surface area (Å²) in [5, 5.41) is 9.50. The molecule has 0 unspecified atom stereocenters. The number of carbonyl (C=O) groups is 1. The molecule has 1 rings (SSSR count). The van der Waals surface area contributed by atoms with Gasteiger partial charge >= 0.3 is 0 Å². The smallest absolute Gasteiger partial charge is 0.221 e. The predicted octanol–water partition coefficient (Wildman–Crippen LogP) is 1.89. The molecule has 0 spiro atoms. The van der Waals surface area contributed by atoms with Crippen molar-refractivity contribution < 1.29 is 9.53 Å². The standard InChI is InChI=1S/C15H24N4O2S/c1-11(20)17-12-6-7-14(21-4)13(10-12)18-15(22)16-8-5-9-19(2)3/h6-7,10H,5,8-9H2,1-4H3,(H,17,20)(H2,16,18,22). The van der Waals surface area contributed by atoms with Crippen LogP contribution in [0.2, 0.25) is 0 Å². The van der Waals surface area contributed by atoms with E-state index in [0.29, 0.717) is 22.2 Å². The normalized spacial score (nSPS) is 10.2. The van der Waals surface area contributed by atoms with Crippen LogP contribution in [0.3, 0.4) is 0 Å². The molecular formula is C15H24N4O2S. The second kappa shape index (κ2) is 9.22. The molecule has 0 aromatic heterocycles. The highest BCUT2D eigenvalue weighted by Crippen LogP contribution is 2.27. The van der Waals surface area contributed by atoms with E-state index in [2.05, 4.69) is 20.9 Å². The van der Waals surface area contributed by atoms with Crippen molar-refractivity contribution in [1.29, 1.82) is 0 Å². The molecule has 1 amide bonds. The Morgan fingerprint density at radius 3 is 2.64 bits per heavy atom. The van der Waals surface area contributed by atoms with E-state index >= 15 is 0 Å². The van der Waals surface area contributed by atoms with Crippen molar-refractivity contribution in [3.8, 4) is 5.75 Å². The third kappa shape index (κ3) is 6.73. The van der Waals surface area contributed by atoms with Gasteiger partial charge in [0.15, 0.2) is 5.11 Å². The number of benzene rings is 1. The monoisotopic (exact) mass is 324 g/mol. The molecule has 3 N–H and O–H groups in total. The lowest BCUT2D eigenvalue weighted by Crippen LogP contribution is -2.31. The molecule has 0 aliphatic heterocycles. The quantitative estimate of drug-likeness (QED) is 0.526. The van der Waals surface area contributed by atoms with Crippen LogP contribution in [0.25, 0.3) is 0 Å². The fraction of sp³-hybridized carbons (Fsp3) is 0.467. The highest BCUT2D eigenvalue weighted by atomic mass is 32.1. The number of hydrogen-bond donors (Lipinski definition) is 3. The lowest BCUT2D eigenvalue weighted by molar-refractivity contribution is -0.114. The Morgan fingerprint density at radius 1 is 1.32 bits per heavy atom. The summed E-state index contributed by atoms with van der Waals surface area (Å²) in [7, 11) is 5.66. The van der Waals surface area contributed by atoms with Gasteiger partial charge in [0, 0.05) is 19.2 Å². The van der Waals surface area contributed by atoms with Crippen molar-refractivity contribution in [2.24, 2.45) is 0 Å². The Morgan fingerprint density at radius 2 is 2.05 bits per heavy atom. The van der Waals surface area contributed by atoms with Crippen LogP contribution in [-0.4, -0.2) is 50.2 Å². The number of methoxy groups -OCH3 is 1. The Kier molecular flexibility index (Phi) is 7.62. The number of rotatable bonds is 7. The first-order chi connectivity index (χ1) is 10.4. The van der Waals surface area contributed by atoms with Crippen LogP contribution in [0.15, 0.2) is 18.2 Å². The summed E-state index contributed by atoms with van der Waals surface area (Å²) in [5.41, 5.74) is 1.39. The summed E-state index contributed by atoms with van der Waals surface area (Å²) in [4.78, 5) is 13.2. The van der Waals surface area contributed by atoms with Crippen molar-refractivity contribution >= 4 is 34.6 Å². The van der Waals surface area contributed by atoms with Crippen molar-refractivity contribution in [1.82, 2.24) is 10.2 Å². The number of nitrogens with zero attached hydrogens (tertiary/aromatic N) is 1. The SMILES string of the molecule is COc1ccc(NC(C)=O)cc1NC(=S)NCCCN(C)C. The molecule has 0 saturated heterocycles. The lowest BCUT2D eigenvalue weighted by Gasteiger charge is -2.15. The van der Waals surface area contributed by atoms with Crippen LogP contribution in [0.5, 0.6) is 5.75 Å². The minimum absolute atomic E-state index is 0.125. The van der Waals surface area contributed by atoms with E-state index < -0.39 is 0 Å². The average Bonchev–Trinajstić information content (AvgIpc) is 2.43. The van der Waals surface area contributed by atoms with Gasteiger partial charge in [-0.05, 0) is 57.5 Å². The summed E-state index contributed by atoms with van der Waals surface area (Å²) in [6.07, 6.45) is 0.998.